The normalized spacial score (nSPS) is 12.4. The Morgan fingerprint density at radius 1 is 0.231 bits per heavy atom. The standard InChI is InChI=1S/C72H56S6/c1-7-19-55-37-61(31-25-49(55)13-1)73-43-67-68(44-74-62-32-26-50-14-2-8-20-56(50)38-62)70(46-76-64-34-28-52-16-4-10-22-58(52)40-64)72(48-78-66-36-30-54-18-6-12-24-60(54)42-66)71(47-77-65-35-29-53-17-5-11-23-59(53)41-65)69(67)45-75-63-33-27-51-15-3-9-21-57(51)39-63/h1-29,31-35,37-42H,30,36,43-48H2. The maximum atomic E-state index is 2.48. The van der Waals surface area contributed by atoms with E-state index in [4.69, 9.17) is 0 Å². The molecule has 0 aromatic heterocycles. The van der Waals surface area contributed by atoms with Gasteiger partial charge >= 0.3 is 0 Å². The molecule has 1 aliphatic rings. The predicted octanol–water partition coefficient (Wildman–Crippen LogP) is 22.1. The minimum absolute atomic E-state index is 0.871. The topological polar surface area (TPSA) is 0 Å². The molecule has 0 fully saturated rings. The van der Waals surface area contributed by atoms with E-state index in [0.29, 0.717) is 0 Å². The smallest absolute Gasteiger partial charge is 0.0238 e. The molecule has 6 heteroatoms. The molecule has 0 N–H and O–H groups in total. The number of benzene rings is 12. The molecule has 1 aliphatic carbocycles. The van der Waals surface area contributed by atoms with Gasteiger partial charge < -0.3 is 0 Å². The summed E-state index contributed by atoms with van der Waals surface area (Å²) in [7, 11) is 0. The molecule has 0 saturated carbocycles. The number of allylic oxidation sites excluding steroid dienone is 1. The van der Waals surface area contributed by atoms with Crippen LogP contribution in [0.5, 0.6) is 0 Å². The molecule has 0 saturated heterocycles. The molecule has 380 valence electrons. The second-order valence-electron chi connectivity index (χ2n) is 20.0. The Kier molecular flexibility index (Phi) is 15.8. The SMILES string of the molecule is C1=C(SCc2c(CSc3ccc4ccccc4c3)c(CSc3ccc4ccccc4c3)c(CSc3ccc4ccccc4c3)c(CSc3ccc4ccccc4c3)c2CSc2ccc3ccccc3c2)CCc2ccccc21. The molecule has 0 unspecified atom stereocenters. The summed E-state index contributed by atoms with van der Waals surface area (Å²) in [6.45, 7) is 0. The molecule has 0 bridgehead atoms. The maximum absolute atomic E-state index is 2.48. The first-order valence-electron chi connectivity index (χ1n) is 26.8. The average molecular weight is 1110 g/mol. The van der Waals surface area contributed by atoms with Crippen molar-refractivity contribution >= 4 is 131 Å². The van der Waals surface area contributed by atoms with Crippen LogP contribution in [0.2, 0.25) is 0 Å². The Bertz CT molecular complexity index is 4000. The lowest BCUT2D eigenvalue weighted by molar-refractivity contribution is 0.972. The average Bonchev–Trinajstić information content (AvgIpc) is 3.50. The lowest BCUT2D eigenvalue weighted by Gasteiger charge is -2.28. The van der Waals surface area contributed by atoms with Crippen LogP contribution in [0.1, 0.15) is 50.9 Å². The van der Waals surface area contributed by atoms with Gasteiger partial charge in [-0.05, 0) is 183 Å². The van der Waals surface area contributed by atoms with Gasteiger partial charge in [0.2, 0.25) is 0 Å². The summed E-state index contributed by atoms with van der Waals surface area (Å²) in [6.07, 6.45) is 4.63. The van der Waals surface area contributed by atoms with Gasteiger partial charge in [0, 0.05) is 59.0 Å². The maximum Gasteiger partial charge on any atom is 0.0238 e. The highest BCUT2D eigenvalue weighted by Crippen LogP contribution is 2.46. The first-order valence-corrected chi connectivity index (χ1v) is 32.7. The van der Waals surface area contributed by atoms with Crippen molar-refractivity contribution in [2.75, 3.05) is 0 Å². The van der Waals surface area contributed by atoms with Gasteiger partial charge in [0.15, 0.2) is 0 Å². The molecule has 12 aromatic carbocycles. The highest BCUT2D eigenvalue weighted by molar-refractivity contribution is 8.02. The molecule has 12 aromatic rings. The summed E-state index contributed by atoms with van der Waals surface area (Å²) < 4.78 is 0. The molecule has 0 spiro atoms. The second kappa shape index (κ2) is 24.0. The zero-order valence-electron chi connectivity index (χ0n) is 43.2. The van der Waals surface area contributed by atoms with E-state index in [1.54, 1.807) is 0 Å². The van der Waals surface area contributed by atoms with Crippen molar-refractivity contribution < 1.29 is 0 Å². The monoisotopic (exact) mass is 1110 g/mol. The van der Waals surface area contributed by atoms with Crippen LogP contribution in [0.4, 0.5) is 0 Å². The molecular weight excluding hydrogens is 1060 g/mol. The van der Waals surface area contributed by atoms with Crippen molar-refractivity contribution in [1.29, 1.82) is 0 Å². The van der Waals surface area contributed by atoms with Crippen LogP contribution < -0.4 is 0 Å². The Labute approximate surface area is 484 Å². The summed E-state index contributed by atoms with van der Waals surface area (Å²) in [5.74, 6) is 5.29. The molecule has 0 aliphatic heterocycles. The van der Waals surface area contributed by atoms with Crippen LogP contribution in [0.25, 0.3) is 59.9 Å². The third-order valence-electron chi connectivity index (χ3n) is 15.1. The molecular formula is C72H56S6. The lowest BCUT2D eigenvalue weighted by Crippen LogP contribution is -2.12. The summed E-state index contributed by atoms with van der Waals surface area (Å²) in [4.78, 5) is 8.01. The fraction of sp³-hybridized carbons (Fsp3) is 0.111. The molecule has 0 radical (unpaired) electrons. The highest BCUT2D eigenvalue weighted by atomic mass is 32.2. The van der Waals surface area contributed by atoms with E-state index in [1.807, 2.05) is 58.8 Å². The molecule has 0 nitrogen and oxygen atoms in total. The van der Waals surface area contributed by atoms with Gasteiger partial charge in [0.1, 0.15) is 0 Å². The van der Waals surface area contributed by atoms with Crippen LogP contribution in [-0.2, 0) is 40.9 Å². The van der Waals surface area contributed by atoms with Gasteiger partial charge in [-0.25, -0.2) is 0 Å². The Morgan fingerprint density at radius 3 is 0.795 bits per heavy atom. The van der Waals surface area contributed by atoms with E-state index < -0.39 is 0 Å². The number of rotatable bonds is 18. The van der Waals surface area contributed by atoms with Crippen LogP contribution in [0.15, 0.2) is 266 Å². The highest BCUT2D eigenvalue weighted by Gasteiger charge is 2.26. The number of aryl methyl sites for hydroxylation is 1. The van der Waals surface area contributed by atoms with Crippen molar-refractivity contribution in [2.24, 2.45) is 0 Å². The number of fused-ring (bicyclic) bond motifs is 6. The van der Waals surface area contributed by atoms with Gasteiger partial charge in [-0.3, -0.25) is 0 Å². The molecule has 0 amide bonds. The quantitative estimate of drug-likeness (QED) is 0.0780. The fourth-order valence-electron chi connectivity index (χ4n) is 10.9. The summed E-state index contributed by atoms with van der Waals surface area (Å²) in [5.41, 5.74) is 11.9. The molecule has 0 heterocycles. The summed E-state index contributed by atoms with van der Waals surface area (Å²) in [6, 6.07) is 88.3. The first-order chi connectivity index (χ1) is 38.6. The van der Waals surface area contributed by atoms with Gasteiger partial charge in [0.25, 0.3) is 0 Å². The Morgan fingerprint density at radius 2 is 0.487 bits per heavy atom. The molecule has 78 heavy (non-hydrogen) atoms. The van der Waals surface area contributed by atoms with E-state index in [9.17, 15) is 0 Å². The predicted molar refractivity (Wildman–Crippen MR) is 348 cm³/mol. The van der Waals surface area contributed by atoms with Crippen LogP contribution in [0.3, 0.4) is 0 Å². The number of hydrogen-bond donors (Lipinski definition) is 0. The van der Waals surface area contributed by atoms with Crippen molar-refractivity contribution in [3.05, 3.63) is 286 Å². The van der Waals surface area contributed by atoms with Gasteiger partial charge in [-0.1, -0.05) is 176 Å². The van der Waals surface area contributed by atoms with E-state index in [-0.39, 0.29) is 0 Å². The van der Waals surface area contributed by atoms with Crippen molar-refractivity contribution in [3.8, 4) is 0 Å². The third kappa shape index (κ3) is 11.7. The minimum atomic E-state index is 0.871. The van der Waals surface area contributed by atoms with Crippen LogP contribution in [-0.4, -0.2) is 0 Å². The largest absolute Gasteiger partial charge is 0.126 e. The van der Waals surface area contributed by atoms with Crippen LogP contribution in [0, 0.1) is 0 Å². The van der Waals surface area contributed by atoms with Crippen LogP contribution >= 0.6 is 70.6 Å². The van der Waals surface area contributed by atoms with E-state index in [0.717, 1.165) is 47.4 Å². The van der Waals surface area contributed by atoms with E-state index >= 15 is 0 Å². The number of hydrogen-bond acceptors (Lipinski definition) is 6. The zero-order valence-corrected chi connectivity index (χ0v) is 48.1. The third-order valence-corrected chi connectivity index (χ3v) is 21.3. The zero-order chi connectivity index (χ0) is 52.0. The fourth-order valence-corrected chi connectivity index (χ4v) is 17.2. The minimum Gasteiger partial charge on any atom is -0.126 e. The van der Waals surface area contributed by atoms with Gasteiger partial charge in [-0.2, -0.15) is 0 Å². The van der Waals surface area contributed by atoms with Gasteiger partial charge in [0.05, 0.1) is 0 Å². The van der Waals surface area contributed by atoms with Gasteiger partial charge in [-0.15, -0.1) is 70.6 Å². The van der Waals surface area contributed by atoms with Crippen molar-refractivity contribution in [3.63, 3.8) is 0 Å². The second-order valence-corrected chi connectivity index (χ2v) is 26.3. The van der Waals surface area contributed by atoms with Crippen molar-refractivity contribution in [2.45, 2.75) is 71.8 Å². The summed E-state index contributed by atoms with van der Waals surface area (Å²) >= 11 is 12.1. The molecule has 13 rings (SSSR count). The van der Waals surface area contributed by atoms with Crippen molar-refractivity contribution in [1.82, 2.24) is 0 Å². The Balaban J connectivity index is 1.01. The van der Waals surface area contributed by atoms with E-state index in [2.05, 4.69) is 254 Å². The summed E-state index contributed by atoms with van der Waals surface area (Å²) in [5, 5.41) is 12.8. The Hall–Kier alpha value is -6.22. The lowest BCUT2D eigenvalue weighted by atomic mass is 9.90. The number of thioether (sulfide) groups is 6. The van der Waals surface area contributed by atoms with E-state index in [1.165, 1.54) is 128 Å². The first kappa shape index (κ1) is 51.2. The molecule has 0 atom stereocenters.